The van der Waals surface area contributed by atoms with Gasteiger partial charge in [0.1, 0.15) is 16.5 Å². The van der Waals surface area contributed by atoms with Crippen LogP contribution in [-0.4, -0.2) is 31.9 Å². The molecule has 0 fully saturated rings. The summed E-state index contributed by atoms with van der Waals surface area (Å²) in [7, 11) is -4.05. The van der Waals surface area contributed by atoms with Crippen LogP contribution in [0.15, 0.2) is 53.4 Å². The van der Waals surface area contributed by atoms with Crippen molar-refractivity contribution < 1.29 is 21.8 Å². The monoisotopic (exact) mass is 408 g/mol. The van der Waals surface area contributed by atoms with Crippen LogP contribution >= 0.6 is 0 Å². The highest BCUT2D eigenvalue weighted by Gasteiger charge is 2.19. The molecule has 0 aliphatic heterocycles. The topological polar surface area (TPSA) is 75.7 Å². The van der Waals surface area contributed by atoms with Crippen LogP contribution in [0.3, 0.4) is 0 Å². The van der Waals surface area contributed by atoms with E-state index in [1.54, 1.807) is 17.0 Å². The number of amides is 2. The second-order valence-corrected chi connectivity index (χ2v) is 7.90. The van der Waals surface area contributed by atoms with E-state index in [4.69, 9.17) is 4.18 Å². The van der Waals surface area contributed by atoms with Crippen LogP contribution in [0.5, 0.6) is 5.75 Å². The average Bonchev–Trinajstić information content (AvgIpc) is 2.67. The summed E-state index contributed by atoms with van der Waals surface area (Å²) in [6, 6.07) is 10.8. The number of carbonyl (C=O) groups excluding carboxylic acids is 1. The van der Waals surface area contributed by atoms with Crippen LogP contribution < -0.4 is 9.50 Å². The Morgan fingerprint density at radius 3 is 2.25 bits per heavy atom. The molecule has 2 amide bonds. The normalized spacial score (nSPS) is 12.3. The van der Waals surface area contributed by atoms with Crippen molar-refractivity contribution in [2.75, 3.05) is 6.54 Å². The van der Waals surface area contributed by atoms with E-state index >= 15 is 0 Å². The number of hydrogen-bond acceptors (Lipinski definition) is 4. The van der Waals surface area contributed by atoms with Gasteiger partial charge in [0.2, 0.25) is 0 Å². The number of halogens is 1. The molecule has 2 aromatic carbocycles. The van der Waals surface area contributed by atoms with Crippen molar-refractivity contribution in [2.45, 2.75) is 44.7 Å². The molecule has 0 bridgehead atoms. The number of carbonyl (C=O) groups is 1. The van der Waals surface area contributed by atoms with Gasteiger partial charge < -0.3 is 14.4 Å². The molecular weight excluding hydrogens is 383 g/mol. The first-order valence-corrected chi connectivity index (χ1v) is 10.5. The van der Waals surface area contributed by atoms with Gasteiger partial charge in [0.05, 0.1) is 0 Å². The van der Waals surface area contributed by atoms with E-state index in [0.29, 0.717) is 13.1 Å². The molecular formula is C20H25FN2O4S. The highest BCUT2D eigenvalue weighted by Crippen LogP contribution is 2.20. The highest BCUT2D eigenvalue weighted by molar-refractivity contribution is 7.87. The lowest BCUT2D eigenvalue weighted by Gasteiger charge is -2.28. The fourth-order valence-corrected chi connectivity index (χ4v) is 3.45. The molecule has 0 aliphatic carbocycles. The Morgan fingerprint density at radius 1 is 1.11 bits per heavy atom. The van der Waals surface area contributed by atoms with Crippen molar-refractivity contribution in [3.05, 3.63) is 59.9 Å². The second kappa shape index (κ2) is 9.54. The third kappa shape index (κ3) is 5.69. The molecule has 0 saturated heterocycles. The summed E-state index contributed by atoms with van der Waals surface area (Å²) < 4.78 is 42.6. The van der Waals surface area contributed by atoms with Gasteiger partial charge in [-0.15, -0.1) is 0 Å². The molecule has 1 N–H and O–H groups in total. The standard InChI is InChI=1S/C20H25FN2O4S/c1-4-15(3)23(20(24)22-5-2)14-16-6-10-18(11-7-16)27-28(25,26)19-12-8-17(21)9-13-19/h6-13,15H,4-5,14H2,1-3H3,(H,22,24). The van der Waals surface area contributed by atoms with Gasteiger partial charge >= 0.3 is 16.1 Å². The fourth-order valence-electron chi connectivity index (χ4n) is 2.52. The Kier molecular flexibility index (Phi) is 7.39. The lowest BCUT2D eigenvalue weighted by Crippen LogP contribution is -2.44. The van der Waals surface area contributed by atoms with Crippen LogP contribution in [0, 0.1) is 5.82 Å². The number of nitrogens with one attached hydrogen (secondary N) is 1. The summed E-state index contributed by atoms with van der Waals surface area (Å²) in [5.41, 5.74) is 0.845. The highest BCUT2D eigenvalue weighted by atomic mass is 32.2. The van der Waals surface area contributed by atoms with E-state index in [0.717, 1.165) is 36.2 Å². The molecule has 152 valence electrons. The minimum atomic E-state index is -4.05. The number of urea groups is 1. The zero-order valence-electron chi connectivity index (χ0n) is 16.2. The average molecular weight is 408 g/mol. The molecule has 2 rings (SSSR count). The van der Waals surface area contributed by atoms with Crippen LogP contribution in [-0.2, 0) is 16.7 Å². The van der Waals surface area contributed by atoms with Crippen molar-refractivity contribution >= 4 is 16.1 Å². The van der Waals surface area contributed by atoms with Gasteiger partial charge in [-0.05, 0) is 62.2 Å². The summed E-state index contributed by atoms with van der Waals surface area (Å²) in [4.78, 5) is 13.9. The Balaban J connectivity index is 2.11. The quantitative estimate of drug-likeness (QED) is 0.672. The van der Waals surface area contributed by atoms with E-state index in [2.05, 4.69) is 5.32 Å². The molecule has 0 aliphatic rings. The number of hydrogen-bond donors (Lipinski definition) is 1. The molecule has 0 saturated carbocycles. The van der Waals surface area contributed by atoms with Crippen molar-refractivity contribution in [1.29, 1.82) is 0 Å². The van der Waals surface area contributed by atoms with E-state index in [1.165, 1.54) is 12.1 Å². The van der Waals surface area contributed by atoms with Crippen molar-refractivity contribution in [2.24, 2.45) is 0 Å². The van der Waals surface area contributed by atoms with Crippen molar-refractivity contribution in [3.63, 3.8) is 0 Å². The first-order chi connectivity index (χ1) is 13.3. The molecule has 1 atom stereocenters. The van der Waals surface area contributed by atoms with Gasteiger partial charge in [0.25, 0.3) is 0 Å². The minimum absolute atomic E-state index is 0.0568. The Bertz CT molecular complexity index is 883. The van der Waals surface area contributed by atoms with E-state index in [1.807, 2.05) is 20.8 Å². The maximum absolute atomic E-state index is 13.0. The summed E-state index contributed by atoms with van der Waals surface area (Å²) in [5.74, 6) is -0.387. The third-order valence-electron chi connectivity index (χ3n) is 4.30. The Hall–Kier alpha value is -2.61. The molecule has 6 nitrogen and oxygen atoms in total. The van der Waals surface area contributed by atoms with Crippen LogP contribution in [0.1, 0.15) is 32.8 Å². The smallest absolute Gasteiger partial charge is 0.339 e. The van der Waals surface area contributed by atoms with Crippen LogP contribution in [0.4, 0.5) is 9.18 Å². The molecule has 8 heteroatoms. The molecule has 28 heavy (non-hydrogen) atoms. The Morgan fingerprint density at radius 2 is 1.71 bits per heavy atom. The first-order valence-electron chi connectivity index (χ1n) is 9.10. The molecule has 0 heterocycles. The predicted molar refractivity (Wildman–Crippen MR) is 105 cm³/mol. The predicted octanol–water partition coefficient (Wildman–Crippen LogP) is 3.92. The van der Waals surface area contributed by atoms with Gasteiger partial charge in [0.15, 0.2) is 0 Å². The molecule has 2 aromatic rings. The second-order valence-electron chi connectivity index (χ2n) is 6.36. The van der Waals surface area contributed by atoms with E-state index in [9.17, 15) is 17.6 Å². The van der Waals surface area contributed by atoms with E-state index < -0.39 is 15.9 Å². The zero-order chi connectivity index (χ0) is 20.7. The van der Waals surface area contributed by atoms with Gasteiger partial charge in [-0.25, -0.2) is 9.18 Å². The zero-order valence-corrected chi connectivity index (χ0v) is 17.0. The fraction of sp³-hybridized carbons (Fsp3) is 0.350. The van der Waals surface area contributed by atoms with Crippen molar-refractivity contribution in [1.82, 2.24) is 10.2 Å². The van der Waals surface area contributed by atoms with E-state index in [-0.39, 0.29) is 22.7 Å². The largest absolute Gasteiger partial charge is 0.379 e. The number of nitrogens with zero attached hydrogens (tertiary/aromatic N) is 1. The summed E-state index contributed by atoms with van der Waals surface area (Å²) in [6.07, 6.45) is 0.814. The maximum Gasteiger partial charge on any atom is 0.339 e. The molecule has 0 spiro atoms. The van der Waals surface area contributed by atoms with Crippen LogP contribution in [0.2, 0.25) is 0 Å². The molecule has 1 unspecified atom stereocenters. The minimum Gasteiger partial charge on any atom is -0.379 e. The summed E-state index contributed by atoms with van der Waals surface area (Å²) >= 11 is 0. The van der Waals surface area contributed by atoms with Crippen LogP contribution in [0.25, 0.3) is 0 Å². The number of benzene rings is 2. The molecule has 0 radical (unpaired) electrons. The lowest BCUT2D eigenvalue weighted by atomic mass is 10.1. The van der Waals surface area contributed by atoms with Gasteiger partial charge in [-0.1, -0.05) is 19.1 Å². The molecule has 0 aromatic heterocycles. The van der Waals surface area contributed by atoms with Crippen molar-refractivity contribution in [3.8, 4) is 5.75 Å². The van der Waals surface area contributed by atoms with Gasteiger partial charge in [0, 0.05) is 19.1 Å². The summed E-state index contributed by atoms with van der Waals surface area (Å²) in [5, 5.41) is 2.80. The van der Waals surface area contributed by atoms with Gasteiger partial charge in [-0.2, -0.15) is 8.42 Å². The first kappa shape index (κ1) is 21.7. The lowest BCUT2D eigenvalue weighted by molar-refractivity contribution is 0.174. The van der Waals surface area contributed by atoms with Gasteiger partial charge in [-0.3, -0.25) is 0 Å². The third-order valence-corrected chi connectivity index (χ3v) is 5.56. The summed E-state index contributed by atoms with van der Waals surface area (Å²) in [6.45, 7) is 6.78. The maximum atomic E-state index is 13.0. The SMILES string of the molecule is CCNC(=O)N(Cc1ccc(OS(=O)(=O)c2ccc(F)cc2)cc1)C(C)CC. The Labute approximate surface area is 165 Å². The number of rotatable bonds is 8.